The van der Waals surface area contributed by atoms with Gasteiger partial charge in [0.1, 0.15) is 5.58 Å². The first-order valence-electron chi connectivity index (χ1n) is 10.7. The summed E-state index contributed by atoms with van der Waals surface area (Å²) in [5.41, 5.74) is 2.68. The van der Waals surface area contributed by atoms with Crippen molar-refractivity contribution in [3.05, 3.63) is 107 Å². The molecule has 1 amide bonds. The van der Waals surface area contributed by atoms with E-state index in [-0.39, 0.29) is 11.3 Å². The summed E-state index contributed by atoms with van der Waals surface area (Å²) in [5, 5.41) is 12.1. The van der Waals surface area contributed by atoms with Crippen molar-refractivity contribution in [1.82, 2.24) is 0 Å². The van der Waals surface area contributed by atoms with Gasteiger partial charge >= 0.3 is 0 Å². The molecule has 0 radical (unpaired) electrons. The normalized spacial score (nSPS) is 15.9. The number of carbonyl (C=O) groups excluding carboxylic acids is 2. The smallest absolute Gasteiger partial charge is 0.294 e. The molecular formula is C27H21ClN2O4. The van der Waals surface area contributed by atoms with Crippen LogP contribution in [0.4, 0.5) is 11.4 Å². The van der Waals surface area contributed by atoms with Crippen LogP contribution in [0, 0.1) is 0 Å². The van der Waals surface area contributed by atoms with E-state index in [4.69, 9.17) is 16.0 Å². The lowest BCUT2D eigenvalue weighted by Gasteiger charge is -2.27. The zero-order valence-corrected chi connectivity index (χ0v) is 19.3. The molecule has 1 unspecified atom stereocenters. The number of ketones is 1. The number of aliphatic hydroxyl groups excluding tert-OH is 1. The van der Waals surface area contributed by atoms with Crippen molar-refractivity contribution in [3.63, 3.8) is 0 Å². The van der Waals surface area contributed by atoms with Gasteiger partial charge in [0.2, 0.25) is 5.78 Å². The summed E-state index contributed by atoms with van der Waals surface area (Å²) in [4.78, 5) is 30.3. The van der Waals surface area contributed by atoms with Gasteiger partial charge in [0.25, 0.3) is 5.91 Å². The van der Waals surface area contributed by atoms with E-state index in [1.54, 1.807) is 48.5 Å². The fourth-order valence-corrected chi connectivity index (χ4v) is 4.40. The number of carbonyl (C=O) groups is 2. The van der Waals surface area contributed by atoms with Crippen molar-refractivity contribution in [1.29, 1.82) is 0 Å². The fourth-order valence-electron chi connectivity index (χ4n) is 4.22. The molecule has 6 nitrogen and oxygen atoms in total. The summed E-state index contributed by atoms with van der Waals surface area (Å²) in [7, 11) is 3.86. The number of rotatable bonds is 5. The average molecular weight is 473 g/mol. The molecule has 2 heterocycles. The Bertz CT molecular complexity index is 1440. The number of nitrogens with zero attached hydrogens (tertiary/aromatic N) is 2. The number of hydrogen-bond acceptors (Lipinski definition) is 5. The Morgan fingerprint density at radius 1 is 1.00 bits per heavy atom. The molecule has 0 saturated carbocycles. The molecule has 34 heavy (non-hydrogen) atoms. The quantitative estimate of drug-likeness (QED) is 0.364. The Labute approximate surface area is 201 Å². The second kappa shape index (κ2) is 8.39. The van der Waals surface area contributed by atoms with E-state index < -0.39 is 23.5 Å². The number of fused-ring (bicyclic) bond motifs is 1. The van der Waals surface area contributed by atoms with Crippen molar-refractivity contribution in [3.8, 4) is 0 Å². The zero-order chi connectivity index (χ0) is 24.0. The lowest BCUT2D eigenvalue weighted by atomic mass is 9.94. The Morgan fingerprint density at radius 3 is 2.38 bits per heavy atom. The van der Waals surface area contributed by atoms with Gasteiger partial charge < -0.3 is 14.4 Å². The number of Topliss-reactive ketones (excluding diaryl/α,β-unsaturated/α-hetero) is 1. The number of hydrogen-bond donors (Lipinski definition) is 1. The number of furan rings is 1. The van der Waals surface area contributed by atoms with Gasteiger partial charge in [-0.15, -0.1) is 0 Å². The van der Waals surface area contributed by atoms with Gasteiger partial charge in [0.05, 0.1) is 11.6 Å². The minimum absolute atomic E-state index is 0.0245. The van der Waals surface area contributed by atoms with E-state index in [2.05, 4.69) is 0 Å². The molecule has 1 atom stereocenters. The second-order valence-electron chi connectivity index (χ2n) is 8.28. The van der Waals surface area contributed by atoms with Crippen LogP contribution in [0.2, 0.25) is 5.02 Å². The van der Waals surface area contributed by atoms with E-state index in [0.717, 1.165) is 5.69 Å². The molecule has 3 aromatic carbocycles. The number of benzene rings is 3. The molecule has 0 spiro atoms. The van der Waals surface area contributed by atoms with Crippen LogP contribution in [-0.2, 0) is 4.79 Å². The lowest BCUT2D eigenvalue weighted by molar-refractivity contribution is -0.117. The number of para-hydroxylation sites is 1. The van der Waals surface area contributed by atoms with Gasteiger partial charge in [0, 0.05) is 35.9 Å². The highest BCUT2D eigenvalue weighted by Gasteiger charge is 2.45. The molecule has 170 valence electrons. The molecule has 0 bridgehead atoms. The Kier molecular flexibility index (Phi) is 5.38. The first-order valence-corrected chi connectivity index (χ1v) is 11.1. The highest BCUT2D eigenvalue weighted by atomic mass is 35.5. The minimum atomic E-state index is -0.824. The first-order chi connectivity index (χ1) is 16.3. The maximum atomic E-state index is 13.7. The molecule has 7 heteroatoms. The summed E-state index contributed by atoms with van der Waals surface area (Å²) >= 11 is 6.07. The van der Waals surface area contributed by atoms with E-state index in [0.29, 0.717) is 27.2 Å². The molecule has 0 fully saturated rings. The Morgan fingerprint density at radius 2 is 1.71 bits per heavy atom. The monoisotopic (exact) mass is 472 g/mol. The van der Waals surface area contributed by atoms with E-state index in [1.165, 1.54) is 4.90 Å². The van der Waals surface area contributed by atoms with Crippen LogP contribution in [0.25, 0.3) is 11.0 Å². The van der Waals surface area contributed by atoms with Gasteiger partial charge in [-0.3, -0.25) is 14.5 Å². The predicted octanol–water partition coefficient (Wildman–Crippen LogP) is 5.94. The molecule has 1 aliphatic rings. The molecule has 4 aromatic rings. The van der Waals surface area contributed by atoms with Gasteiger partial charge in [-0.2, -0.15) is 0 Å². The van der Waals surface area contributed by atoms with Gasteiger partial charge in [0.15, 0.2) is 11.5 Å². The van der Waals surface area contributed by atoms with Crippen molar-refractivity contribution >= 4 is 45.6 Å². The number of amides is 1. The highest BCUT2D eigenvalue weighted by Crippen LogP contribution is 2.42. The lowest BCUT2D eigenvalue weighted by Crippen LogP contribution is -2.31. The Hall–Kier alpha value is -4.03. The van der Waals surface area contributed by atoms with Crippen LogP contribution >= 0.6 is 11.6 Å². The third kappa shape index (κ3) is 3.62. The molecule has 0 aliphatic carbocycles. The van der Waals surface area contributed by atoms with E-state index in [9.17, 15) is 14.7 Å². The molecule has 5 rings (SSSR count). The van der Waals surface area contributed by atoms with Crippen LogP contribution in [0.1, 0.15) is 22.2 Å². The molecule has 1 aromatic heterocycles. The Balaban J connectivity index is 1.64. The van der Waals surface area contributed by atoms with E-state index >= 15 is 0 Å². The topological polar surface area (TPSA) is 74.0 Å². The molecular weight excluding hydrogens is 452 g/mol. The summed E-state index contributed by atoms with van der Waals surface area (Å²) in [6.07, 6.45) is 0. The van der Waals surface area contributed by atoms with Crippen LogP contribution in [0.5, 0.6) is 0 Å². The van der Waals surface area contributed by atoms with Crippen LogP contribution < -0.4 is 9.80 Å². The van der Waals surface area contributed by atoms with Crippen molar-refractivity contribution in [2.24, 2.45) is 0 Å². The maximum absolute atomic E-state index is 13.7. The highest BCUT2D eigenvalue weighted by molar-refractivity contribution is 6.31. The van der Waals surface area contributed by atoms with E-state index in [1.807, 2.05) is 49.3 Å². The molecule has 1 aliphatic heterocycles. The number of anilines is 2. The van der Waals surface area contributed by atoms with Gasteiger partial charge in [-0.1, -0.05) is 41.9 Å². The number of aliphatic hydroxyl groups is 1. The molecule has 1 N–H and O–H groups in total. The maximum Gasteiger partial charge on any atom is 0.294 e. The van der Waals surface area contributed by atoms with Crippen LogP contribution in [-0.4, -0.2) is 30.9 Å². The minimum Gasteiger partial charge on any atom is -0.503 e. The van der Waals surface area contributed by atoms with Crippen LogP contribution in [0.15, 0.2) is 94.6 Å². The summed E-state index contributed by atoms with van der Waals surface area (Å²) < 4.78 is 5.77. The largest absolute Gasteiger partial charge is 0.503 e. The van der Waals surface area contributed by atoms with Crippen molar-refractivity contribution in [2.75, 3.05) is 23.9 Å². The van der Waals surface area contributed by atoms with Crippen molar-refractivity contribution < 1.29 is 19.1 Å². The third-order valence-corrected chi connectivity index (χ3v) is 6.15. The van der Waals surface area contributed by atoms with Crippen LogP contribution in [0.3, 0.4) is 0 Å². The van der Waals surface area contributed by atoms with Crippen molar-refractivity contribution in [2.45, 2.75) is 6.04 Å². The standard InChI is InChI=1S/C27H21ClN2O4/c1-29(2)19-11-8-16(9-12-19)24-23(26(32)27(33)30(24)20-6-4-3-5-7-20)25(31)22-15-17-14-18(28)10-13-21(17)34-22/h3-15,24,32H,1-2H3. The summed E-state index contributed by atoms with van der Waals surface area (Å²) in [5.74, 6) is -1.76. The predicted molar refractivity (Wildman–Crippen MR) is 133 cm³/mol. The third-order valence-electron chi connectivity index (χ3n) is 5.91. The van der Waals surface area contributed by atoms with Gasteiger partial charge in [-0.25, -0.2) is 0 Å². The SMILES string of the molecule is CN(C)c1ccc(C2C(C(=O)c3cc4cc(Cl)ccc4o3)=C(O)C(=O)N2c2ccccc2)cc1. The number of halogens is 1. The molecule has 0 saturated heterocycles. The first kappa shape index (κ1) is 21.8. The average Bonchev–Trinajstić information content (AvgIpc) is 3.37. The fraction of sp³-hybridized carbons (Fsp3) is 0.111. The summed E-state index contributed by atoms with van der Waals surface area (Å²) in [6.45, 7) is 0. The second-order valence-corrected chi connectivity index (χ2v) is 8.72. The van der Waals surface area contributed by atoms with Gasteiger partial charge in [-0.05, 0) is 54.1 Å². The summed E-state index contributed by atoms with van der Waals surface area (Å²) in [6, 6.07) is 22.3. The zero-order valence-electron chi connectivity index (χ0n) is 18.5.